The Morgan fingerprint density at radius 3 is 2.57 bits per heavy atom. The molecule has 0 aliphatic carbocycles. The van der Waals surface area contributed by atoms with E-state index < -0.39 is 29.5 Å². The van der Waals surface area contributed by atoms with Crippen LogP contribution in [0.2, 0.25) is 0 Å². The number of nitrogens with one attached hydrogen (secondary N) is 1. The van der Waals surface area contributed by atoms with Crippen LogP contribution < -0.4 is 5.32 Å². The average Bonchev–Trinajstić information content (AvgIpc) is 2.87. The molecule has 0 bridgehead atoms. The number of hydrogen-bond donors (Lipinski definition) is 2. The van der Waals surface area contributed by atoms with Crippen LogP contribution >= 0.6 is 15.9 Å². The number of ether oxygens (including phenoxy) is 1. The minimum atomic E-state index is -1.57. The fourth-order valence-corrected chi connectivity index (χ4v) is 4.46. The van der Waals surface area contributed by atoms with Gasteiger partial charge in [0.05, 0.1) is 35.7 Å². The number of halogens is 2. The smallest absolute Gasteiger partial charge is 0.304 e. The Morgan fingerprint density at radius 2 is 1.95 bits per heavy atom. The molecule has 0 saturated carbocycles. The van der Waals surface area contributed by atoms with E-state index >= 15 is 4.39 Å². The van der Waals surface area contributed by atoms with Crippen molar-refractivity contribution in [2.45, 2.75) is 20.3 Å². The summed E-state index contributed by atoms with van der Waals surface area (Å²) in [5, 5.41) is 12.9. The van der Waals surface area contributed by atoms with E-state index in [0.29, 0.717) is 27.7 Å². The average molecular weight is 567 g/mol. The lowest BCUT2D eigenvalue weighted by Gasteiger charge is -2.28. The molecule has 1 amide bonds. The van der Waals surface area contributed by atoms with Crippen molar-refractivity contribution in [1.82, 2.24) is 10.3 Å². The van der Waals surface area contributed by atoms with Gasteiger partial charge in [0.1, 0.15) is 5.83 Å². The van der Waals surface area contributed by atoms with Gasteiger partial charge in [-0.3, -0.25) is 9.59 Å². The van der Waals surface area contributed by atoms with Gasteiger partial charge < -0.3 is 15.2 Å². The molecule has 1 heterocycles. The van der Waals surface area contributed by atoms with Gasteiger partial charge in [-0.2, -0.15) is 0 Å². The molecule has 0 spiro atoms. The molecule has 6 nitrogen and oxygen atoms in total. The number of benzene rings is 2. The van der Waals surface area contributed by atoms with E-state index in [1.165, 1.54) is 32.3 Å². The topological polar surface area (TPSA) is 88.5 Å². The molecule has 0 fully saturated rings. The number of methoxy groups -OCH3 is 1. The van der Waals surface area contributed by atoms with Gasteiger partial charge >= 0.3 is 5.97 Å². The number of carbonyl (C=O) groups excluding carboxylic acids is 1. The molecular weight excluding hydrogens is 539 g/mol. The van der Waals surface area contributed by atoms with Gasteiger partial charge in [-0.1, -0.05) is 71.9 Å². The third kappa shape index (κ3) is 6.32. The SMILES string of the molecule is C=C/C=C\C(OC)=C(/F)C(C)(CNC(=O)c1c(C)c(-c2ccccc2)nc2ccc(Br)cc12)CC(=O)O. The maximum atomic E-state index is 15.6. The summed E-state index contributed by atoms with van der Waals surface area (Å²) in [6.45, 7) is 6.51. The Bertz CT molecular complexity index is 1400. The lowest BCUT2D eigenvalue weighted by Crippen LogP contribution is -2.38. The highest BCUT2D eigenvalue weighted by Crippen LogP contribution is 2.36. The van der Waals surface area contributed by atoms with Crippen LogP contribution in [-0.4, -0.2) is 35.6 Å². The summed E-state index contributed by atoms with van der Waals surface area (Å²) in [4.78, 5) is 30.1. The highest BCUT2D eigenvalue weighted by Gasteiger charge is 2.36. The van der Waals surface area contributed by atoms with E-state index in [2.05, 4.69) is 27.8 Å². The number of allylic oxidation sites excluding steroid dienone is 3. The van der Waals surface area contributed by atoms with Gasteiger partial charge in [-0.25, -0.2) is 9.37 Å². The van der Waals surface area contributed by atoms with Crippen LogP contribution in [0.5, 0.6) is 0 Å². The molecule has 3 rings (SSSR count). The van der Waals surface area contributed by atoms with Crippen molar-refractivity contribution in [2.24, 2.45) is 5.41 Å². The lowest BCUT2D eigenvalue weighted by atomic mass is 9.84. The van der Waals surface area contributed by atoms with Gasteiger partial charge in [0.15, 0.2) is 5.76 Å². The Hall–Kier alpha value is -3.78. The Balaban J connectivity index is 2.09. The number of aromatic nitrogens is 1. The zero-order valence-corrected chi connectivity index (χ0v) is 22.4. The molecule has 8 heteroatoms. The standard InChI is InChI=1S/C29H28BrFN2O4/c1-5-6-12-23(37-4)27(31)29(3,16-24(34)35)17-32-28(36)25-18(2)26(19-10-8-7-9-11-19)33-22-14-13-20(30)15-21(22)25/h5-15H,1,16-17H2,2-4H3,(H,32,36)(H,34,35)/b12-6-,27-23+. The van der Waals surface area contributed by atoms with Crippen LogP contribution in [0.4, 0.5) is 4.39 Å². The van der Waals surface area contributed by atoms with Gasteiger partial charge in [0.2, 0.25) is 0 Å². The van der Waals surface area contributed by atoms with E-state index in [0.717, 1.165) is 10.0 Å². The van der Waals surface area contributed by atoms with Gasteiger partial charge in [-0.05, 0) is 36.8 Å². The number of carboxylic acids is 1. The van der Waals surface area contributed by atoms with Crippen LogP contribution in [0.1, 0.15) is 29.3 Å². The van der Waals surface area contributed by atoms with Crippen molar-refractivity contribution in [3.05, 3.63) is 101 Å². The fraction of sp³-hybridized carbons (Fsp3) is 0.207. The van der Waals surface area contributed by atoms with Crippen LogP contribution in [0.3, 0.4) is 0 Å². The number of fused-ring (bicyclic) bond motifs is 1. The highest BCUT2D eigenvalue weighted by molar-refractivity contribution is 9.10. The van der Waals surface area contributed by atoms with E-state index in [-0.39, 0.29) is 12.3 Å². The molecule has 1 unspecified atom stereocenters. The number of aliphatic carboxylic acids is 1. The molecule has 1 atom stereocenters. The Morgan fingerprint density at radius 1 is 1.24 bits per heavy atom. The molecule has 2 aromatic carbocycles. The lowest BCUT2D eigenvalue weighted by molar-refractivity contribution is -0.139. The molecule has 1 aromatic heterocycles. The molecular formula is C29H28BrFN2O4. The van der Waals surface area contributed by atoms with Crippen molar-refractivity contribution in [3.8, 4) is 11.3 Å². The molecule has 0 radical (unpaired) electrons. The summed E-state index contributed by atoms with van der Waals surface area (Å²) in [6.07, 6.45) is 3.72. The molecule has 3 aromatic rings. The van der Waals surface area contributed by atoms with Crippen molar-refractivity contribution >= 4 is 38.7 Å². The molecule has 0 aliphatic heterocycles. The Kier molecular flexibility index (Phi) is 8.99. The normalized spacial score (nSPS) is 13.6. The molecule has 37 heavy (non-hydrogen) atoms. The number of hydrogen-bond acceptors (Lipinski definition) is 4. The molecule has 192 valence electrons. The number of rotatable bonds is 10. The third-order valence-corrected chi connectivity index (χ3v) is 6.49. The quantitative estimate of drug-likeness (QED) is 0.209. The number of amides is 1. The third-order valence-electron chi connectivity index (χ3n) is 6.00. The maximum Gasteiger partial charge on any atom is 0.304 e. The summed E-state index contributed by atoms with van der Waals surface area (Å²) < 4.78 is 21.5. The monoisotopic (exact) mass is 566 g/mol. The summed E-state index contributed by atoms with van der Waals surface area (Å²) in [5.41, 5.74) is 1.58. The van der Waals surface area contributed by atoms with Gasteiger partial charge in [-0.15, -0.1) is 0 Å². The van der Waals surface area contributed by atoms with Crippen LogP contribution in [-0.2, 0) is 9.53 Å². The predicted octanol–water partition coefficient (Wildman–Crippen LogP) is 6.75. The van der Waals surface area contributed by atoms with Crippen LogP contribution in [0.15, 0.2) is 89.4 Å². The van der Waals surface area contributed by atoms with Gasteiger partial charge in [0, 0.05) is 22.0 Å². The Labute approximate surface area is 223 Å². The van der Waals surface area contributed by atoms with E-state index in [4.69, 9.17) is 9.72 Å². The van der Waals surface area contributed by atoms with Gasteiger partial charge in [0.25, 0.3) is 5.91 Å². The van der Waals surface area contributed by atoms with Crippen molar-refractivity contribution in [2.75, 3.05) is 13.7 Å². The second-order valence-corrected chi connectivity index (χ2v) is 9.69. The fourth-order valence-electron chi connectivity index (χ4n) is 4.10. The summed E-state index contributed by atoms with van der Waals surface area (Å²) in [7, 11) is 1.29. The van der Waals surface area contributed by atoms with E-state index in [1.54, 1.807) is 6.07 Å². The largest absolute Gasteiger partial charge is 0.494 e. The van der Waals surface area contributed by atoms with Crippen molar-refractivity contribution in [1.29, 1.82) is 0 Å². The van der Waals surface area contributed by atoms with Crippen molar-refractivity contribution < 1.29 is 23.8 Å². The zero-order valence-electron chi connectivity index (χ0n) is 20.8. The zero-order chi connectivity index (χ0) is 27.2. The maximum absolute atomic E-state index is 15.6. The minimum Gasteiger partial charge on any atom is -0.494 e. The highest BCUT2D eigenvalue weighted by atomic mass is 79.9. The number of pyridine rings is 1. The van der Waals surface area contributed by atoms with Crippen molar-refractivity contribution in [3.63, 3.8) is 0 Å². The summed E-state index contributed by atoms with van der Waals surface area (Å²) >= 11 is 3.46. The second kappa shape index (κ2) is 12.0. The number of carbonyl (C=O) groups is 2. The number of nitrogens with zero attached hydrogens (tertiary/aromatic N) is 1. The summed E-state index contributed by atoms with van der Waals surface area (Å²) in [5.74, 6) is -2.61. The van der Waals surface area contributed by atoms with E-state index in [9.17, 15) is 14.7 Å². The first-order valence-electron chi connectivity index (χ1n) is 11.5. The van der Waals surface area contributed by atoms with E-state index in [1.807, 2.05) is 49.4 Å². The first-order valence-corrected chi connectivity index (χ1v) is 12.3. The first-order chi connectivity index (χ1) is 17.6. The first kappa shape index (κ1) is 27.8. The summed E-state index contributed by atoms with van der Waals surface area (Å²) in [6, 6.07) is 15.0. The predicted molar refractivity (Wildman–Crippen MR) is 147 cm³/mol. The molecule has 0 aliphatic rings. The number of carboxylic acid groups (broad SMARTS) is 1. The molecule has 0 saturated heterocycles. The minimum absolute atomic E-state index is 0.140. The van der Waals surface area contributed by atoms with Crippen LogP contribution in [0.25, 0.3) is 22.2 Å². The van der Waals surface area contributed by atoms with Crippen LogP contribution in [0, 0.1) is 12.3 Å². The second-order valence-electron chi connectivity index (χ2n) is 8.78. The molecule has 2 N–H and O–H groups in total.